The van der Waals surface area contributed by atoms with Crippen LogP contribution in [-0.4, -0.2) is 25.8 Å². The van der Waals surface area contributed by atoms with Crippen molar-refractivity contribution in [1.29, 1.82) is 0 Å². The smallest absolute Gasteiger partial charge is 0.310 e. The SMILES string of the molecule is CCn1ncnc1CC1(C(=O)O)CCCC1. The summed E-state index contributed by atoms with van der Waals surface area (Å²) in [7, 11) is 0. The molecule has 5 heteroatoms. The Hall–Kier alpha value is -1.39. The summed E-state index contributed by atoms with van der Waals surface area (Å²) in [5, 5.41) is 13.4. The molecule has 1 aliphatic carbocycles. The summed E-state index contributed by atoms with van der Waals surface area (Å²) in [6.07, 6.45) is 5.55. The van der Waals surface area contributed by atoms with Gasteiger partial charge in [-0.1, -0.05) is 12.8 Å². The summed E-state index contributed by atoms with van der Waals surface area (Å²) < 4.78 is 1.78. The molecular weight excluding hydrogens is 206 g/mol. The topological polar surface area (TPSA) is 68.0 Å². The lowest BCUT2D eigenvalue weighted by atomic mass is 9.82. The molecule has 0 atom stereocenters. The molecule has 2 rings (SSSR count). The van der Waals surface area contributed by atoms with Crippen LogP contribution in [0.5, 0.6) is 0 Å². The van der Waals surface area contributed by atoms with Crippen LogP contribution < -0.4 is 0 Å². The molecule has 0 bridgehead atoms. The fourth-order valence-corrected chi connectivity index (χ4v) is 2.51. The van der Waals surface area contributed by atoms with Crippen LogP contribution in [0, 0.1) is 5.41 Å². The fourth-order valence-electron chi connectivity index (χ4n) is 2.51. The molecule has 1 aromatic heterocycles. The number of aromatic nitrogens is 3. The third-order valence-corrected chi connectivity index (χ3v) is 3.51. The van der Waals surface area contributed by atoms with E-state index in [-0.39, 0.29) is 0 Å². The van der Waals surface area contributed by atoms with Gasteiger partial charge in [0.25, 0.3) is 0 Å². The first kappa shape index (κ1) is 11.1. The third-order valence-electron chi connectivity index (χ3n) is 3.51. The van der Waals surface area contributed by atoms with E-state index in [2.05, 4.69) is 10.1 Å². The van der Waals surface area contributed by atoms with Crippen LogP contribution in [0.15, 0.2) is 6.33 Å². The zero-order valence-corrected chi connectivity index (χ0v) is 9.52. The number of carboxylic acids is 1. The van der Waals surface area contributed by atoms with Crippen molar-refractivity contribution in [2.24, 2.45) is 5.41 Å². The quantitative estimate of drug-likeness (QED) is 0.839. The number of aliphatic carboxylic acids is 1. The zero-order valence-electron chi connectivity index (χ0n) is 9.52. The molecule has 88 valence electrons. The van der Waals surface area contributed by atoms with E-state index in [9.17, 15) is 9.90 Å². The second-order valence-electron chi connectivity index (χ2n) is 4.46. The molecule has 0 amide bonds. The number of carboxylic acid groups (broad SMARTS) is 1. The summed E-state index contributed by atoms with van der Waals surface area (Å²) in [4.78, 5) is 15.6. The zero-order chi connectivity index (χ0) is 11.6. The van der Waals surface area contributed by atoms with Crippen molar-refractivity contribution >= 4 is 5.97 Å². The molecule has 1 aliphatic rings. The Balaban J connectivity index is 2.21. The van der Waals surface area contributed by atoms with Gasteiger partial charge in [-0.2, -0.15) is 5.10 Å². The highest BCUT2D eigenvalue weighted by Gasteiger charge is 2.42. The molecule has 1 aromatic rings. The molecule has 0 aliphatic heterocycles. The van der Waals surface area contributed by atoms with Crippen molar-refractivity contribution in [2.75, 3.05) is 0 Å². The van der Waals surface area contributed by atoms with Gasteiger partial charge in [-0.05, 0) is 19.8 Å². The van der Waals surface area contributed by atoms with Gasteiger partial charge in [0.1, 0.15) is 12.2 Å². The minimum absolute atomic E-state index is 0.510. The molecule has 0 unspecified atom stereocenters. The van der Waals surface area contributed by atoms with Gasteiger partial charge in [-0.3, -0.25) is 9.48 Å². The molecule has 1 saturated carbocycles. The molecule has 0 aromatic carbocycles. The van der Waals surface area contributed by atoms with Gasteiger partial charge in [0, 0.05) is 13.0 Å². The Labute approximate surface area is 94.5 Å². The van der Waals surface area contributed by atoms with Crippen molar-refractivity contribution in [1.82, 2.24) is 14.8 Å². The van der Waals surface area contributed by atoms with E-state index in [1.165, 1.54) is 6.33 Å². The molecule has 1 N–H and O–H groups in total. The van der Waals surface area contributed by atoms with Crippen LogP contribution in [0.1, 0.15) is 38.4 Å². The maximum absolute atomic E-state index is 11.4. The molecule has 0 radical (unpaired) electrons. The summed E-state index contributed by atoms with van der Waals surface area (Å²) in [5.74, 6) is 0.113. The van der Waals surface area contributed by atoms with E-state index < -0.39 is 11.4 Å². The summed E-state index contributed by atoms with van der Waals surface area (Å²) in [6.45, 7) is 2.73. The van der Waals surface area contributed by atoms with E-state index in [1.807, 2.05) is 6.92 Å². The number of nitrogens with zero attached hydrogens (tertiary/aromatic N) is 3. The Bertz CT molecular complexity index is 380. The van der Waals surface area contributed by atoms with E-state index in [0.717, 1.165) is 38.1 Å². The Kier molecular flexibility index (Phi) is 2.94. The average Bonchev–Trinajstić information content (AvgIpc) is 2.88. The highest BCUT2D eigenvalue weighted by molar-refractivity contribution is 5.75. The van der Waals surface area contributed by atoms with Crippen LogP contribution in [0.3, 0.4) is 0 Å². The predicted octanol–water partition coefficient (Wildman–Crippen LogP) is 1.49. The minimum Gasteiger partial charge on any atom is -0.481 e. The normalized spacial score (nSPS) is 18.8. The highest BCUT2D eigenvalue weighted by Crippen LogP contribution is 2.40. The van der Waals surface area contributed by atoms with Gasteiger partial charge in [0.2, 0.25) is 0 Å². The lowest BCUT2D eigenvalue weighted by Crippen LogP contribution is -2.31. The summed E-state index contributed by atoms with van der Waals surface area (Å²) >= 11 is 0. The lowest BCUT2D eigenvalue weighted by molar-refractivity contribution is -0.148. The first-order chi connectivity index (χ1) is 7.68. The van der Waals surface area contributed by atoms with E-state index in [0.29, 0.717) is 6.42 Å². The van der Waals surface area contributed by atoms with Crippen molar-refractivity contribution in [3.8, 4) is 0 Å². The standard InChI is InChI=1S/C11H17N3O2/c1-2-14-9(12-8-13-14)7-11(10(15)16)5-3-4-6-11/h8H,2-7H2,1H3,(H,15,16). The van der Waals surface area contributed by atoms with Gasteiger partial charge >= 0.3 is 5.97 Å². The van der Waals surface area contributed by atoms with Crippen molar-refractivity contribution in [3.63, 3.8) is 0 Å². The van der Waals surface area contributed by atoms with Crippen LogP contribution >= 0.6 is 0 Å². The van der Waals surface area contributed by atoms with E-state index in [1.54, 1.807) is 4.68 Å². The number of hydrogen-bond donors (Lipinski definition) is 1. The number of carbonyl (C=O) groups is 1. The molecule has 5 nitrogen and oxygen atoms in total. The second kappa shape index (κ2) is 4.23. The maximum atomic E-state index is 11.4. The molecule has 16 heavy (non-hydrogen) atoms. The largest absolute Gasteiger partial charge is 0.481 e. The Morgan fingerprint density at radius 1 is 1.56 bits per heavy atom. The lowest BCUT2D eigenvalue weighted by Gasteiger charge is -2.22. The fraction of sp³-hybridized carbons (Fsp3) is 0.727. The monoisotopic (exact) mass is 223 g/mol. The molecule has 0 spiro atoms. The second-order valence-corrected chi connectivity index (χ2v) is 4.46. The molecule has 1 heterocycles. The van der Waals surface area contributed by atoms with Crippen molar-refractivity contribution in [2.45, 2.75) is 45.6 Å². The van der Waals surface area contributed by atoms with Gasteiger partial charge in [0.15, 0.2) is 0 Å². The van der Waals surface area contributed by atoms with Crippen molar-refractivity contribution < 1.29 is 9.90 Å². The number of aryl methyl sites for hydroxylation is 1. The number of hydrogen-bond acceptors (Lipinski definition) is 3. The average molecular weight is 223 g/mol. The van der Waals surface area contributed by atoms with Gasteiger partial charge in [0.05, 0.1) is 5.41 Å². The molecule has 1 fully saturated rings. The maximum Gasteiger partial charge on any atom is 0.310 e. The van der Waals surface area contributed by atoms with Crippen LogP contribution in [0.25, 0.3) is 0 Å². The number of rotatable bonds is 4. The third kappa shape index (κ3) is 1.81. The summed E-state index contributed by atoms with van der Waals surface area (Å²) in [6, 6.07) is 0. The van der Waals surface area contributed by atoms with E-state index >= 15 is 0 Å². The first-order valence-electron chi connectivity index (χ1n) is 5.78. The highest BCUT2D eigenvalue weighted by atomic mass is 16.4. The molecule has 0 saturated heterocycles. The van der Waals surface area contributed by atoms with Crippen LogP contribution in [0.2, 0.25) is 0 Å². The Morgan fingerprint density at radius 2 is 2.25 bits per heavy atom. The Morgan fingerprint density at radius 3 is 2.81 bits per heavy atom. The van der Waals surface area contributed by atoms with Gasteiger partial charge in [-0.15, -0.1) is 0 Å². The van der Waals surface area contributed by atoms with Crippen molar-refractivity contribution in [3.05, 3.63) is 12.2 Å². The van der Waals surface area contributed by atoms with Crippen LogP contribution in [0.4, 0.5) is 0 Å². The predicted molar refractivity (Wildman–Crippen MR) is 57.9 cm³/mol. The van der Waals surface area contributed by atoms with Gasteiger partial charge in [-0.25, -0.2) is 4.98 Å². The molecular formula is C11H17N3O2. The minimum atomic E-state index is -0.685. The summed E-state index contributed by atoms with van der Waals surface area (Å²) in [5.41, 5.74) is -0.597. The first-order valence-corrected chi connectivity index (χ1v) is 5.78. The van der Waals surface area contributed by atoms with Crippen LogP contribution in [-0.2, 0) is 17.8 Å². The van der Waals surface area contributed by atoms with E-state index in [4.69, 9.17) is 0 Å². The van der Waals surface area contributed by atoms with Gasteiger partial charge < -0.3 is 5.11 Å².